The molecule has 7 heteroatoms. The zero-order valence-corrected chi connectivity index (χ0v) is 9.96. The molecule has 7 nitrogen and oxygen atoms in total. The Morgan fingerprint density at radius 1 is 1.26 bits per heavy atom. The van der Waals surface area contributed by atoms with Gasteiger partial charge in [-0.3, -0.25) is 14.7 Å². The number of carbonyl (C=O) groups is 2. The normalized spacial score (nSPS) is 10.1. The number of aliphatic carboxylic acids is 1. The van der Waals surface area contributed by atoms with Crippen LogP contribution in [0.5, 0.6) is 0 Å². The Morgan fingerprint density at radius 2 is 2.00 bits per heavy atom. The SMILES string of the molecule is O=C(O)Cc1ccccc1CNC(=O)c1ncn[nH]1. The Hall–Kier alpha value is -2.70. The van der Waals surface area contributed by atoms with Crippen molar-refractivity contribution >= 4 is 11.9 Å². The molecule has 0 saturated heterocycles. The molecule has 0 aliphatic rings. The first-order valence-electron chi connectivity index (χ1n) is 5.59. The molecule has 0 radical (unpaired) electrons. The van der Waals surface area contributed by atoms with E-state index in [1.807, 2.05) is 0 Å². The summed E-state index contributed by atoms with van der Waals surface area (Å²) in [6.07, 6.45) is 1.17. The lowest BCUT2D eigenvalue weighted by molar-refractivity contribution is -0.136. The predicted molar refractivity (Wildman–Crippen MR) is 65.3 cm³/mol. The van der Waals surface area contributed by atoms with E-state index in [9.17, 15) is 9.59 Å². The van der Waals surface area contributed by atoms with Gasteiger partial charge in [0.05, 0.1) is 6.42 Å². The molecule has 0 atom stereocenters. The molecule has 0 bridgehead atoms. The first-order valence-corrected chi connectivity index (χ1v) is 5.59. The Balaban J connectivity index is 2.03. The molecule has 1 aromatic heterocycles. The summed E-state index contributed by atoms with van der Waals surface area (Å²) in [6, 6.07) is 7.06. The van der Waals surface area contributed by atoms with E-state index >= 15 is 0 Å². The lowest BCUT2D eigenvalue weighted by Gasteiger charge is -2.08. The van der Waals surface area contributed by atoms with Gasteiger partial charge in [-0.05, 0) is 11.1 Å². The minimum absolute atomic E-state index is 0.0750. The third-order valence-corrected chi connectivity index (χ3v) is 2.53. The van der Waals surface area contributed by atoms with Gasteiger partial charge < -0.3 is 10.4 Å². The van der Waals surface area contributed by atoms with Crippen molar-refractivity contribution in [2.75, 3.05) is 0 Å². The quantitative estimate of drug-likeness (QED) is 0.719. The van der Waals surface area contributed by atoms with Gasteiger partial charge in [0.25, 0.3) is 5.91 Å². The van der Waals surface area contributed by atoms with Gasteiger partial charge in [-0.25, -0.2) is 4.98 Å². The molecule has 2 aromatic rings. The molecule has 3 N–H and O–H groups in total. The fraction of sp³-hybridized carbons (Fsp3) is 0.167. The van der Waals surface area contributed by atoms with Crippen molar-refractivity contribution < 1.29 is 14.7 Å². The third-order valence-electron chi connectivity index (χ3n) is 2.53. The van der Waals surface area contributed by atoms with E-state index in [4.69, 9.17) is 5.11 Å². The number of carbonyl (C=O) groups excluding carboxylic acids is 1. The van der Waals surface area contributed by atoms with E-state index in [2.05, 4.69) is 20.5 Å². The summed E-state index contributed by atoms with van der Waals surface area (Å²) in [4.78, 5) is 26.1. The van der Waals surface area contributed by atoms with Gasteiger partial charge in [0, 0.05) is 6.54 Å². The Kier molecular flexibility index (Phi) is 3.87. The highest BCUT2D eigenvalue weighted by Crippen LogP contribution is 2.09. The molecule has 0 saturated carbocycles. The number of aromatic nitrogens is 3. The van der Waals surface area contributed by atoms with Crippen LogP contribution in [0, 0.1) is 0 Å². The highest BCUT2D eigenvalue weighted by molar-refractivity contribution is 5.90. The number of nitrogens with zero attached hydrogens (tertiary/aromatic N) is 2. The van der Waals surface area contributed by atoms with Gasteiger partial charge >= 0.3 is 5.97 Å². The van der Waals surface area contributed by atoms with Crippen molar-refractivity contribution in [3.05, 3.63) is 47.5 Å². The number of hydrogen-bond acceptors (Lipinski definition) is 4. The topological polar surface area (TPSA) is 108 Å². The Morgan fingerprint density at radius 3 is 2.63 bits per heavy atom. The van der Waals surface area contributed by atoms with Crippen LogP contribution in [0.4, 0.5) is 0 Å². The molecule has 0 aliphatic carbocycles. The van der Waals surface area contributed by atoms with Gasteiger partial charge in [-0.15, -0.1) is 0 Å². The lowest BCUT2D eigenvalue weighted by Crippen LogP contribution is -2.24. The number of nitrogens with one attached hydrogen (secondary N) is 2. The molecule has 0 fully saturated rings. The molecule has 0 unspecified atom stereocenters. The summed E-state index contributed by atoms with van der Waals surface area (Å²) in [5.74, 6) is -1.17. The number of carboxylic acids is 1. The minimum atomic E-state index is -0.908. The number of aromatic amines is 1. The van der Waals surface area contributed by atoms with Crippen molar-refractivity contribution in [3.63, 3.8) is 0 Å². The molecule has 1 aromatic carbocycles. The molecule has 19 heavy (non-hydrogen) atoms. The van der Waals surface area contributed by atoms with Gasteiger partial charge in [-0.2, -0.15) is 5.10 Å². The van der Waals surface area contributed by atoms with E-state index in [0.717, 1.165) is 5.56 Å². The maximum Gasteiger partial charge on any atom is 0.307 e. The van der Waals surface area contributed by atoms with Crippen LogP contribution in [0.3, 0.4) is 0 Å². The molecule has 1 amide bonds. The number of benzene rings is 1. The van der Waals surface area contributed by atoms with Crippen molar-refractivity contribution in [1.82, 2.24) is 20.5 Å². The number of rotatable bonds is 5. The van der Waals surface area contributed by atoms with Crippen molar-refractivity contribution in [2.45, 2.75) is 13.0 Å². The third kappa shape index (κ3) is 3.38. The molecule has 0 aliphatic heterocycles. The van der Waals surface area contributed by atoms with E-state index in [1.165, 1.54) is 6.33 Å². The van der Waals surface area contributed by atoms with Crippen LogP contribution < -0.4 is 5.32 Å². The highest BCUT2D eigenvalue weighted by Gasteiger charge is 2.10. The first kappa shape index (κ1) is 12.7. The summed E-state index contributed by atoms with van der Waals surface area (Å²) in [5.41, 5.74) is 1.44. The van der Waals surface area contributed by atoms with Gasteiger partial charge in [0.1, 0.15) is 6.33 Å². The largest absolute Gasteiger partial charge is 0.481 e. The van der Waals surface area contributed by atoms with Crippen LogP contribution in [0.25, 0.3) is 0 Å². The lowest BCUT2D eigenvalue weighted by atomic mass is 10.0. The average molecular weight is 260 g/mol. The van der Waals surface area contributed by atoms with Crippen LogP contribution in [-0.4, -0.2) is 32.2 Å². The molecule has 2 rings (SSSR count). The highest BCUT2D eigenvalue weighted by atomic mass is 16.4. The Bertz CT molecular complexity index is 580. The standard InChI is InChI=1S/C12H12N4O3/c17-10(18)5-8-3-1-2-4-9(8)6-13-12(19)11-14-7-15-16-11/h1-4,7H,5-6H2,(H,13,19)(H,17,18)(H,14,15,16). The molecular weight excluding hydrogens is 248 g/mol. The van der Waals surface area contributed by atoms with Crippen molar-refractivity contribution in [2.24, 2.45) is 0 Å². The van der Waals surface area contributed by atoms with Gasteiger partial charge in [-0.1, -0.05) is 24.3 Å². The summed E-state index contributed by atoms with van der Waals surface area (Å²) >= 11 is 0. The predicted octanol–water partition coefficient (Wildman–Crippen LogP) is 0.362. The fourth-order valence-corrected chi connectivity index (χ4v) is 1.64. The summed E-state index contributed by atoms with van der Waals surface area (Å²) in [5, 5.41) is 17.5. The number of amides is 1. The smallest absolute Gasteiger partial charge is 0.307 e. The van der Waals surface area contributed by atoms with Gasteiger partial charge in [0.2, 0.25) is 5.82 Å². The second kappa shape index (κ2) is 5.76. The second-order valence-corrected chi connectivity index (χ2v) is 3.86. The number of carboxylic acid groups (broad SMARTS) is 1. The van der Waals surface area contributed by atoms with Crippen LogP contribution in [0.2, 0.25) is 0 Å². The van der Waals surface area contributed by atoms with E-state index in [-0.39, 0.29) is 24.7 Å². The second-order valence-electron chi connectivity index (χ2n) is 3.86. The van der Waals surface area contributed by atoms with E-state index in [0.29, 0.717) is 5.56 Å². The van der Waals surface area contributed by atoms with Crippen molar-refractivity contribution in [1.29, 1.82) is 0 Å². The molecule has 1 heterocycles. The fourth-order valence-electron chi connectivity index (χ4n) is 1.64. The minimum Gasteiger partial charge on any atom is -0.481 e. The van der Waals surface area contributed by atoms with E-state index in [1.54, 1.807) is 24.3 Å². The van der Waals surface area contributed by atoms with Crippen LogP contribution in [0.1, 0.15) is 21.7 Å². The Labute approximate surface area is 108 Å². The number of hydrogen-bond donors (Lipinski definition) is 3. The van der Waals surface area contributed by atoms with Crippen molar-refractivity contribution in [3.8, 4) is 0 Å². The summed E-state index contributed by atoms with van der Waals surface area (Å²) in [6.45, 7) is 0.239. The van der Waals surface area contributed by atoms with Crippen LogP contribution in [-0.2, 0) is 17.8 Å². The summed E-state index contributed by atoms with van der Waals surface area (Å²) in [7, 11) is 0. The molecular formula is C12H12N4O3. The molecule has 0 spiro atoms. The average Bonchev–Trinajstić information content (AvgIpc) is 2.90. The maximum absolute atomic E-state index is 11.7. The zero-order valence-electron chi connectivity index (χ0n) is 9.96. The molecule has 98 valence electrons. The maximum atomic E-state index is 11.7. The summed E-state index contributed by atoms with van der Waals surface area (Å²) < 4.78 is 0. The first-order chi connectivity index (χ1) is 9.16. The van der Waals surface area contributed by atoms with E-state index < -0.39 is 5.97 Å². The monoisotopic (exact) mass is 260 g/mol. The zero-order chi connectivity index (χ0) is 13.7. The van der Waals surface area contributed by atoms with Crippen LogP contribution in [0.15, 0.2) is 30.6 Å². The van der Waals surface area contributed by atoms with Gasteiger partial charge in [0.15, 0.2) is 0 Å². The van der Waals surface area contributed by atoms with Crippen LogP contribution >= 0.6 is 0 Å². The number of H-pyrrole nitrogens is 1.